The number of aromatic nitrogens is 3. The van der Waals surface area contributed by atoms with Crippen LogP contribution in [0.3, 0.4) is 0 Å². The van der Waals surface area contributed by atoms with Crippen molar-refractivity contribution in [1.29, 1.82) is 0 Å². The van der Waals surface area contributed by atoms with Crippen LogP contribution in [-0.2, 0) is 18.9 Å². The number of amides is 1. The number of hydrogen-bond donors (Lipinski definition) is 3. The van der Waals surface area contributed by atoms with E-state index >= 15 is 0 Å². The molecule has 0 unspecified atom stereocenters. The van der Waals surface area contributed by atoms with Crippen LogP contribution in [0.25, 0.3) is 11.3 Å². The second kappa shape index (κ2) is 8.07. The third-order valence-electron chi connectivity index (χ3n) is 4.18. The fourth-order valence-electron chi connectivity index (χ4n) is 2.59. The number of hydrazine groups is 1. The summed E-state index contributed by atoms with van der Waals surface area (Å²) in [5.74, 6) is 5.25. The van der Waals surface area contributed by atoms with Gasteiger partial charge in [0.1, 0.15) is 12.4 Å². The molecule has 1 aromatic carbocycles. The van der Waals surface area contributed by atoms with Crippen molar-refractivity contribution in [1.82, 2.24) is 14.1 Å². The van der Waals surface area contributed by atoms with Crippen molar-refractivity contribution in [2.45, 2.75) is 0 Å². The van der Waals surface area contributed by atoms with E-state index in [2.05, 4.69) is 10.3 Å². The number of carbonyl (C=O) groups excluding carboxylic acids is 1. The van der Waals surface area contributed by atoms with Crippen LogP contribution in [0.1, 0.15) is 0 Å². The van der Waals surface area contributed by atoms with Gasteiger partial charge >= 0.3 is 5.69 Å². The van der Waals surface area contributed by atoms with E-state index in [9.17, 15) is 14.4 Å². The number of anilines is 3. The van der Waals surface area contributed by atoms with Crippen LogP contribution in [0.15, 0.2) is 39.2 Å². The van der Waals surface area contributed by atoms with Gasteiger partial charge in [-0.3, -0.25) is 23.7 Å². The van der Waals surface area contributed by atoms with Gasteiger partial charge in [-0.25, -0.2) is 15.6 Å². The lowest BCUT2D eigenvalue weighted by Gasteiger charge is -2.20. The highest BCUT2D eigenvalue weighted by atomic mass is 35.5. The first-order valence-electron chi connectivity index (χ1n) is 8.28. The predicted octanol–water partition coefficient (Wildman–Crippen LogP) is 0.762. The Morgan fingerprint density at radius 3 is 2.55 bits per heavy atom. The molecule has 0 saturated heterocycles. The minimum Gasteiger partial charge on any atom is -0.383 e. The summed E-state index contributed by atoms with van der Waals surface area (Å²) in [7, 11) is 2.71. The van der Waals surface area contributed by atoms with Gasteiger partial charge in [0.25, 0.3) is 5.56 Å². The Labute approximate surface area is 173 Å². The summed E-state index contributed by atoms with van der Waals surface area (Å²) in [6, 6.07) is 7.14. The van der Waals surface area contributed by atoms with Crippen LogP contribution in [0.5, 0.6) is 0 Å². The average Bonchev–Trinajstić information content (AvgIpc) is 3.13. The maximum Gasteiger partial charge on any atom is 0.332 e. The Bertz CT molecular complexity index is 1180. The number of nitrogens with zero attached hydrogens (tertiary/aromatic N) is 4. The van der Waals surface area contributed by atoms with Crippen LogP contribution in [0, 0.1) is 0 Å². The minimum atomic E-state index is -0.694. The third-order valence-corrected chi connectivity index (χ3v) is 5.19. The number of hydrogen-bond acceptors (Lipinski definition) is 8. The van der Waals surface area contributed by atoms with Gasteiger partial charge < -0.3 is 11.1 Å². The Balaban J connectivity index is 1.74. The second-order valence-electron chi connectivity index (χ2n) is 6.16. The zero-order valence-electron chi connectivity index (χ0n) is 15.5. The molecule has 2 aromatic heterocycles. The lowest BCUT2D eigenvalue weighted by atomic mass is 10.2. The standard InChI is InChI=1S/C17H18ClN7O3S/c1-23-14(19)13(15(27)24(2)17(23)28)25(20)7-12(26)22-16-21-11(8-29-16)9-3-5-10(18)6-4-9/h3-6,8H,7,19-20H2,1-2H3,(H,21,22,26). The van der Waals surface area contributed by atoms with Gasteiger partial charge in [0.05, 0.1) is 5.69 Å². The van der Waals surface area contributed by atoms with Gasteiger partial charge in [-0.05, 0) is 12.1 Å². The first kappa shape index (κ1) is 20.6. The Kier molecular flexibility index (Phi) is 5.73. The molecule has 0 bridgehead atoms. The molecule has 0 aliphatic heterocycles. The van der Waals surface area contributed by atoms with E-state index in [1.54, 1.807) is 17.5 Å². The molecule has 2 heterocycles. The molecule has 0 radical (unpaired) electrons. The summed E-state index contributed by atoms with van der Waals surface area (Å²) in [5, 5.41) is 6.31. The fraction of sp³-hybridized carbons (Fsp3) is 0.176. The number of nitrogens with two attached hydrogens (primary N) is 2. The molecule has 3 rings (SSSR count). The van der Waals surface area contributed by atoms with Crippen LogP contribution in [0.2, 0.25) is 5.02 Å². The van der Waals surface area contributed by atoms with Crippen LogP contribution in [0.4, 0.5) is 16.6 Å². The number of thiazole rings is 1. The zero-order valence-corrected chi connectivity index (χ0v) is 17.1. The molecular formula is C17H18ClN7O3S. The van der Waals surface area contributed by atoms with E-state index < -0.39 is 17.2 Å². The number of halogens is 1. The van der Waals surface area contributed by atoms with Crippen molar-refractivity contribution < 1.29 is 4.79 Å². The van der Waals surface area contributed by atoms with Gasteiger partial charge in [-0.15, -0.1) is 11.3 Å². The van der Waals surface area contributed by atoms with Gasteiger partial charge in [0, 0.05) is 30.1 Å². The monoisotopic (exact) mass is 435 g/mol. The van der Waals surface area contributed by atoms with Crippen LogP contribution >= 0.6 is 22.9 Å². The zero-order chi connectivity index (χ0) is 21.3. The molecule has 29 heavy (non-hydrogen) atoms. The van der Waals surface area contributed by atoms with Crippen molar-refractivity contribution in [2.24, 2.45) is 19.9 Å². The van der Waals surface area contributed by atoms with Crippen molar-refractivity contribution >= 4 is 45.5 Å². The van der Waals surface area contributed by atoms with Crippen molar-refractivity contribution in [3.63, 3.8) is 0 Å². The summed E-state index contributed by atoms with van der Waals surface area (Å²) in [6.07, 6.45) is 0. The molecule has 10 nitrogen and oxygen atoms in total. The van der Waals surface area contributed by atoms with Crippen molar-refractivity contribution in [3.8, 4) is 11.3 Å². The van der Waals surface area contributed by atoms with Crippen LogP contribution in [-0.4, -0.2) is 26.6 Å². The van der Waals surface area contributed by atoms with E-state index in [0.717, 1.165) is 19.7 Å². The smallest absolute Gasteiger partial charge is 0.332 e. The largest absolute Gasteiger partial charge is 0.383 e. The molecule has 0 aliphatic rings. The van der Waals surface area contributed by atoms with E-state index in [0.29, 0.717) is 15.8 Å². The average molecular weight is 436 g/mol. The number of rotatable bonds is 5. The lowest BCUT2D eigenvalue weighted by molar-refractivity contribution is -0.115. The second-order valence-corrected chi connectivity index (χ2v) is 7.46. The number of carbonyl (C=O) groups is 1. The van der Waals surface area contributed by atoms with Crippen molar-refractivity contribution in [3.05, 3.63) is 55.5 Å². The molecule has 1 amide bonds. The first-order chi connectivity index (χ1) is 13.7. The fourth-order valence-corrected chi connectivity index (χ4v) is 3.45. The molecule has 12 heteroatoms. The third kappa shape index (κ3) is 4.16. The predicted molar refractivity (Wildman–Crippen MR) is 114 cm³/mol. The Hall–Kier alpha value is -3.15. The molecule has 3 aromatic rings. The minimum absolute atomic E-state index is 0.132. The summed E-state index contributed by atoms with van der Waals surface area (Å²) in [4.78, 5) is 40.9. The highest BCUT2D eigenvalue weighted by molar-refractivity contribution is 7.14. The SMILES string of the molecule is Cn1c(N)c(N(N)CC(=O)Nc2nc(-c3ccc(Cl)cc3)cs2)c(=O)n(C)c1=O. The molecule has 0 spiro atoms. The van der Waals surface area contributed by atoms with E-state index in [1.807, 2.05) is 12.1 Å². The molecule has 5 N–H and O–H groups in total. The highest BCUT2D eigenvalue weighted by Crippen LogP contribution is 2.26. The van der Waals surface area contributed by atoms with Gasteiger partial charge in [0.2, 0.25) is 5.91 Å². The highest BCUT2D eigenvalue weighted by Gasteiger charge is 2.20. The van der Waals surface area contributed by atoms with Crippen LogP contribution < -0.4 is 33.2 Å². The Morgan fingerprint density at radius 1 is 1.24 bits per heavy atom. The number of nitrogens with one attached hydrogen (secondary N) is 1. The van der Waals surface area contributed by atoms with Gasteiger partial charge in [-0.2, -0.15) is 0 Å². The first-order valence-corrected chi connectivity index (χ1v) is 9.54. The topological polar surface area (TPSA) is 141 Å². The quantitative estimate of drug-likeness (QED) is 0.396. The van der Waals surface area contributed by atoms with E-state index in [-0.39, 0.29) is 18.1 Å². The normalized spacial score (nSPS) is 10.8. The molecule has 0 fully saturated rings. The summed E-state index contributed by atoms with van der Waals surface area (Å²) in [5.41, 5.74) is 5.94. The number of benzene rings is 1. The molecule has 0 atom stereocenters. The van der Waals surface area contributed by atoms with Crippen molar-refractivity contribution in [2.75, 3.05) is 22.6 Å². The molecular weight excluding hydrogens is 418 g/mol. The lowest BCUT2D eigenvalue weighted by Crippen LogP contribution is -2.47. The van der Waals surface area contributed by atoms with Gasteiger partial charge in [-0.1, -0.05) is 23.7 Å². The molecule has 152 valence electrons. The summed E-state index contributed by atoms with van der Waals surface area (Å²) >= 11 is 7.12. The summed E-state index contributed by atoms with van der Waals surface area (Å²) in [6.45, 7) is -0.368. The number of nitrogen functional groups attached to an aromatic ring is 1. The molecule has 0 aliphatic carbocycles. The maximum absolute atomic E-state index is 12.3. The maximum atomic E-state index is 12.3. The summed E-state index contributed by atoms with van der Waals surface area (Å²) < 4.78 is 1.94. The molecule has 0 saturated carbocycles. The van der Waals surface area contributed by atoms with E-state index in [4.69, 9.17) is 23.2 Å². The van der Waals surface area contributed by atoms with Gasteiger partial charge in [0.15, 0.2) is 10.8 Å². The Morgan fingerprint density at radius 2 is 1.90 bits per heavy atom. The van der Waals surface area contributed by atoms with E-state index in [1.165, 1.54) is 25.4 Å².